The Hall–Kier alpha value is -2.87. The van der Waals surface area contributed by atoms with Gasteiger partial charge in [0, 0.05) is 44.4 Å². The van der Waals surface area contributed by atoms with E-state index in [0.717, 1.165) is 56.9 Å². The lowest BCUT2D eigenvalue weighted by Gasteiger charge is -2.40. The van der Waals surface area contributed by atoms with E-state index in [2.05, 4.69) is 17.0 Å². The summed E-state index contributed by atoms with van der Waals surface area (Å²) >= 11 is 0. The van der Waals surface area contributed by atoms with Crippen LogP contribution < -0.4 is 4.74 Å². The van der Waals surface area contributed by atoms with Gasteiger partial charge in [0.25, 0.3) is 5.91 Å². The summed E-state index contributed by atoms with van der Waals surface area (Å²) in [5, 5.41) is 4.01. The highest BCUT2D eigenvalue weighted by atomic mass is 16.5. The first-order valence-corrected chi connectivity index (χ1v) is 11.0. The van der Waals surface area contributed by atoms with Crippen molar-refractivity contribution < 1.29 is 18.8 Å². The van der Waals surface area contributed by atoms with E-state index in [1.165, 1.54) is 0 Å². The molecule has 2 fully saturated rings. The number of hydrogen-bond donors (Lipinski definition) is 0. The van der Waals surface area contributed by atoms with E-state index >= 15 is 0 Å². The Balaban J connectivity index is 1.47. The Labute approximate surface area is 182 Å². The molecule has 0 unspecified atom stereocenters. The Bertz CT molecular complexity index is 903. The fraction of sp³-hybridized carbons (Fsp3) is 0.522. The second-order valence-electron chi connectivity index (χ2n) is 8.07. The van der Waals surface area contributed by atoms with Gasteiger partial charge in [-0.15, -0.1) is 0 Å². The molecule has 0 aliphatic carbocycles. The Morgan fingerprint density at radius 3 is 2.52 bits per heavy atom. The van der Waals surface area contributed by atoms with Crippen LogP contribution in [-0.4, -0.2) is 84.1 Å². The van der Waals surface area contributed by atoms with Crippen LogP contribution in [0, 0.1) is 0 Å². The molecule has 2 saturated heterocycles. The molecule has 0 saturated carbocycles. The van der Waals surface area contributed by atoms with Crippen LogP contribution in [0.15, 0.2) is 34.9 Å². The van der Waals surface area contributed by atoms with Crippen LogP contribution in [0.5, 0.6) is 5.75 Å². The van der Waals surface area contributed by atoms with Gasteiger partial charge in [-0.1, -0.05) is 12.1 Å². The average Bonchev–Trinajstić information content (AvgIpc) is 3.33. The summed E-state index contributed by atoms with van der Waals surface area (Å²) in [6.45, 7) is 6.91. The van der Waals surface area contributed by atoms with Crippen molar-refractivity contribution in [3.05, 3.63) is 36.0 Å². The van der Waals surface area contributed by atoms with Crippen molar-refractivity contribution in [2.24, 2.45) is 0 Å². The predicted molar refractivity (Wildman–Crippen MR) is 116 cm³/mol. The quantitative estimate of drug-likeness (QED) is 0.731. The molecule has 2 aliphatic rings. The third-order valence-electron chi connectivity index (χ3n) is 6.28. The molecule has 4 rings (SSSR count). The van der Waals surface area contributed by atoms with Crippen LogP contribution in [0.1, 0.15) is 36.7 Å². The van der Waals surface area contributed by atoms with Gasteiger partial charge in [-0.2, -0.15) is 0 Å². The van der Waals surface area contributed by atoms with Gasteiger partial charge in [-0.05, 0) is 50.1 Å². The van der Waals surface area contributed by atoms with E-state index in [0.29, 0.717) is 18.7 Å². The van der Waals surface area contributed by atoms with E-state index in [9.17, 15) is 9.59 Å². The summed E-state index contributed by atoms with van der Waals surface area (Å²) in [7, 11) is 1.61. The molecule has 0 bridgehead atoms. The molecule has 1 atom stereocenters. The van der Waals surface area contributed by atoms with Gasteiger partial charge in [0.1, 0.15) is 11.8 Å². The molecule has 8 heteroatoms. The van der Waals surface area contributed by atoms with Crippen LogP contribution in [-0.2, 0) is 4.79 Å². The predicted octanol–water partition coefficient (Wildman–Crippen LogP) is 2.51. The zero-order chi connectivity index (χ0) is 21.8. The molecule has 2 aromatic rings. The highest BCUT2D eigenvalue weighted by Crippen LogP contribution is 2.26. The fourth-order valence-electron chi connectivity index (χ4n) is 4.34. The molecule has 1 aromatic carbocycles. The molecule has 166 valence electrons. The van der Waals surface area contributed by atoms with Crippen molar-refractivity contribution >= 4 is 11.8 Å². The SMILES string of the molecule is CCN1CCN(C(=O)[C@@H]2CCCCN2C(=O)c2cc(-c3ccc(OC)cc3)on2)CC1. The summed E-state index contributed by atoms with van der Waals surface area (Å²) in [5.74, 6) is 1.08. The van der Waals surface area contributed by atoms with Crippen molar-refractivity contribution in [2.75, 3.05) is 46.4 Å². The number of rotatable bonds is 5. The molecule has 2 amide bonds. The Morgan fingerprint density at radius 2 is 1.84 bits per heavy atom. The minimum Gasteiger partial charge on any atom is -0.497 e. The second-order valence-corrected chi connectivity index (χ2v) is 8.07. The molecule has 31 heavy (non-hydrogen) atoms. The number of carbonyl (C=O) groups is 2. The first-order chi connectivity index (χ1) is 15.1. The Kier molecular flexibility index (Phi) is 6.56. The van der Waals surface area contributed by atoms with Crippen LogP contribution in [0.4, 0.5) is 0 Å². The van der Waals surface area contributed by atoms with E-state index < -0.39 is 6.04 Å². The number of hydrogen-bond acceptors (Lipinski definition) is 6. The highest BCUT2D eigenvalue weighted by Gasteiger charge is 2.37. The van der Waals surface area contributed by atoms with Crippen molar-refractivity contribution in [3.8, 4) is 17.1 Å². The summed E-state index contributed by atoms with van der Waals surface area (Å²) < 4.78 is 10.6. The molecule has 1 aromatic heterocycles. The van der Waals surface area contributed by atoms with Gasteiger partial charge in [0.05, 0.1) is 7.11 Å². The van der Waals surface area contributed by atoms with Crippen molar-refractivity contribution in [1.29, 1.82) is 0 Å². The number of carbonyl (C=O) groups excluding carboxylic acids is 2. The number of benzene rings is 1. The standard InChI is InChI=1S/C23H30N4O4/c1-3-25-12-14-26(15-13-25)23(29)20-6-4-5-11-27(20)22(28)19-16-21(31-24-19)17-7-9-18(30-2)10-8-17/h7-10,16,20H,3-6,11-15H2,1-2H3/t20-/m0/s1. The van der Waals surface area contributed by atoms with E-state index in [-0.39, 0.29) is 17.5 Å². The van der Waals surface area contributed by atoms with E-state index in [1.54, 1.807) is 18.1 Å². The lowest BCUT2D eigenvalue weighted by Crippen LogP contribution is -2.57. The van der Waals surface area contributed by atoms with Gasteiger partial charge in [-0.25, -0.2) is 0 Å². The maximum absolute atomic E-state index is 13.2. The van der Waals surface area contributed by atoms with Crippen LogP contribution >= 0.6 is 0 Å². The molecule has 8 nitrogen and oxygen atoms in total. The minimum atomic E-state index is -0.421. The van der Waals surface area contributed by atoms with Crippen molar-refractivity contribution in [3.63, 3.8) is 0 Å². The number of ether oxygens (including phenoxy) is 1. The van der Waals surface area contributed by atoms with Crippen molar-refractivity contribution in [1.82, 2.24) is 19.9 Å². The monoisotopic (exact) mass is 426 g/mol. The zero-order valence-corrected chi connectivity index (χ0v) is 18.2. The molecule has 0 spiro atoms. The normalized spacial score (nSPS) is 20.0. The number of amides is 2. The van der Waals surface area contributed by atoms with E-state index in [1.807, 2.05) is 29.2 Å². The number of likely N-dealkylation sites (tertiary alicyclic amines) is 1. The van der Waals surface area contributed by atoms with Gasteiger partial charge < -0.3 is 24.0 Å². The summed E-state index contributed by atoms with van der Waals surface area (Å²) in [5.41, 5.74) is 1.05. The van der Waals surface area contributed by atoms with Gasteiger partial charge in [-0.3, -0.25) is 9.59 Å². The largest absolute Gasteiger partial charge is 0.497 e. The zero-order valence-electron chi connectivity index (χ0n) is 18.2. The first-order valence-electron chi connectivity index (χ1n) is 11.0. The molecule has 0 N–H and O–H groups in total. The average molecular weight is 427 g/mol. The number of piperidine rings is 1. The number of nitrogens with zero attached hydrogens (tertiary/aromatic N) is 4. The van der Waals surface area contributed by atoms with Gasteiger partial charge in [0.2, 0.25) is 5.91 Å². The van der Waals surface area contributed by atoms with Crippen LogP contribution in [0.3, 0.4) is 0 Å². The molecular weight excluding hydrogens is 396 g/mol. The second kappa shape index (κ2) is 9.51. The molecule has 2 aliphatic heterocycles. The molecule has 3 heterocycles. The Morgan fingerprint density at radius 1 is 1.10 bits per heavy atom. The number of piperazine rings is 1. The maximum atomic E-state index is 13.2. The highest BCUT2D eigenvalue weighted by molar-refractivity contribution is 5.97. The third-order valence-corrected chi connectivity index (χ3v) is 6.28. The first kappa shape index (κ1) is 21.4. The smallest absolute Gasteiger partial charge is 0.276 e. The number of aromatic nitrogens is 1. The number of methoxy groups -OCH3 is 1. The molecular formula is C23H30N4O4. The lowest BCUT2D eigenvalue weighted by molar-refractivity contribution is -0.139. The maximum Gasteiger partial charge on any atom is 0.276 e. The van der Waals surface area contributed by atoms with Crippen molar-refractivity contribution in [2.45, 2.75) is 32.2 Å². The molecule has 0 radical (unpaired) electrons. The fourth-order valence-corrected chi connectivity index (χ4v) is 4.34. The minimum absolute atomic E-state index is 0.0580. The topological polar surface area (TPSA) is 79.1 Å². The van der Waals surface area contributed by atoms with Gasteiger partial charge >= 0.3 is 0 Å². The van der Waals surface area contributed by atoms with Crippen LogP contribution in [0.25, 0.3) is 11.3 Å². The third kappa shape index (κ3) is 4.58. The summed E-state index contributed by atoms with van der Waals surface area (Å²) in [4.78, 5) is 32.4. The van der Waals surface area contributed by atoms with E-state index in [4.69, 9.17) is 9.26 Å². The lowest BCUT2D eigenvalue weighted by atomic mass is 9.99. The summed E-state index contributed by atoms with van der Waals surface area (Å²) in [6.07, 6.45) is 2.54. The van der Waals surface area contributed by atoms with Gasteiger partial charge in [0.15, 0.2) is 11.5 Å². The summed E-state index contributed by atoms with van der Waals surface area (Å²) in [6, 6.07) is 8.61. The van der Waals surface area contributed by atoms with Crippen LogP contribution in [0.2, 0.25) is 0 Å². The number of likely N-dealkylation sites (N-methyl/N-ethyl adjacent to an activating group) is 1.